The number of benzene rings is 1. The zero-order valence-corrected chi connectivity index (χ0v) is 11.0. The van der Waals surface area contributed by atoms with Gasteiger partial charge in [0.15, 0.2) is 0 Å². The summed E-state index contributed by atoms with van der Waals surface area (Å²) in [6.07, 6.45) is 5.37. The molecule has 0 aliphatic heterocycles. The first-order valence-corrected chi connectivity index (χ1v) is 6.28. The van der Waals surface area contributed by atoms with Crippen LogP contribution in [0.4, 0.5) is 0 Å². The van der Waals surface area contributed by atoms with Gasteiger partial charge in [-0.3, -0.25) is 4.68 Å². The number of unbranched alkanes of at least 4 members (excludes halogenated alkanes) is 1. The number of aromatic nitrogens is 3. The number of hydrogen-bond donors (Lipinski definition) is 0. The summed E-state index contributed by atoms with van der Waals surface area (Å²) in [4.78, 5) is 3.91. The van der Waals surface area contributed by atoms with Gasteiger partial charge in [0, 0.05) is 6.54 Å². The van der Waals surface area contributed by atoms with E-state index in [0.717, 1.165) is 31.7 Å². The van der Waals surface area contributed by atoms with E-state index in [1.165, 1.54) is 11.1 Å². The first kappa shape index (κ1) is 12.6. The topological polar surface area (TPSA) is 39.9 Å². The summed E-state index contributed by atoms with van der Waals surface area (Å²) in [5, 5.41) is 4.06. The lowest BCUT2D eigenvalue weighted by Gasteiger charge is -2.09. The van der Waals surface area contributed by atoms with Crippen molar-refractivity contribution in [2.75, 3.05) is 6.61 Å². The van der Waals surface area contributed by atoms with Crippen molar-refractivity contribution < 1.29 is 4.74 Å². The fourth-order valence-electron chi connectivity index (χ4n) is 1.87. The second-order valence-electron chi connectivity index (χ2n) is 4.48. The molecule has 0 N–H and O–H groups in total. The van der Waals surface area contributed by atoms with Gasteiger partial charge in [0.25, 0.3) is 0 Å². The van der Waals surface area contributed by atoms with Crippen molar-refractivity contribution in [2.45, 2.75) is 33.2 Å². The molecule has 0 aliphatic rings. The molecule has 0 spiro atoms. The highest BCUT2D eigenvalue weighted by Gasteiger charge is 1.99. The van der Waals surface area contributed by atoms with Crippen molar-refractivity contribution in [3.63, 3.8) is 0 Å². The van der Waals surface area contributed by atoms with E-state index in [2.05, 4.69) is 36.1 Å². The third-order valence-corrected chi connectivity index (χ3v) is 2.84. The third-order valence-electron chi connectivity index (χ3n) is 2.84. The van der Waals surface area contributed by atoms with E-state index in [-0.39, 0.29) is 0 Å². The molecule has 0 atom stereocenters. The molecule has 1 aromatic carbocycles. The normalized spacial score (nSPS) is 10.6. The van der Waals surface area contributed by atoms with Crippen molar-refractivity contribution in [3.05, 3.63) is 42.0 Å². The van der Waals surface area contributed by atoms with E-state index in [1.807, 2.05) is 10.7 Å². The number of aryl methyl sites for hydroxylation is 3. The Labute approximate surface area is 108 Å². The predicted octanol–water partition coefficient (Wildman–Crippen LogP) is 2.75. The lowest BCUT2D eigenvalue weighted by Crippen LogP contribution is -2.03. The average Bonchev–Trinajstić information content (AvgIpc) is 2.84. The second kappa shape index (κ2) is 6.19. The molecule has 0 saturated heterocycles. The molecule has 2 rings (SSSR count). The van der Waals surface area contributed by atoms with Crippen LogP contribution >= 0.6 is 0 Å². The maximum absolute atomic E-state index is 5.77. The van der Waals surface area contributed by atoms with E-state index in [1.54, 1.807) is 12.7 Å². The van der Waals surface area contributed by atoms with Crippen LogP contribution in [-0.2, 0) is 6.54 Å². The molecule has 0 unspecified atom stereocenters. The van der Waals surface area contributed by atoms with Gasteiger partial charge in [0.1, 0.15) is 18.4 Å². The number of rotatable bonds is 6. The summed E-state index contributed by atoms with van der Waals surface area (Å²) < 4.78 is 7.61. The van der Waals surface area contributed by atoms with Crippen LogP contribution in [0.25, 0.3) is 0 Å². The quantitative estimate of drug-likeness (QED) is 0.735. The molecule has 2 aromatic rings. The molecule has 4 heteroatoms. The average molecular weight is 245 g/mol. The summed E-state index contributed by atoms with van der Waals surface area (Å²) in [6.45, 7) is 5.82. The maximum Gasteiger partial charge on any atom is 0.137 e. The van der Waals surface area contributed by atoms with Gasteiger partial charge in [-0.25, -0.2) is 4.98 Å². The smallest absolute Gasteiger partial charge is 0.137 e. The predicted molar refractivity (Wildman–Crippen MR) is 70.7 cm³/mol. The number of hydrogen-bond acceptors (Lipinski definition) is 3. The summed E-state index contributed by atoms with van der Waals surface area (Å²) in [6, 6.07) is 6.27. The molecule has 1 aromatic heterocycles. The Kier molecular flexibility index (Phi) is 4.34. The fourth-order valence-corrected chi connectivity index (χ4v) is 1.87. The van der Waals surface area contributed by atoms with Crippen molar-refractivity contribution in [1.82, 2.24) is 14.8 Å². The van der Waals surface area contributed by atoms with E-state index >= 15 is 0 Å². The summed E-state index contributed by atoms with van der Waals surface area (Å²) in [5.41, 5.74) is 2.47. The van der Waals surface area contributed by atoms with Crippen molar-refractivity contribution >= 4 is 0 Å². The van der Waals surface area contributed by atoms with Gasteiger partial charge >= 0.3 is 0 Å². The molecule has 4 nitrogen and oxygen atoms in total. The van der Waals surface area contributed by atoms with Crippen molar-refractivity contribution in [2.24, 2.45) is 0 Å². The first-order chi connectivity index (χ1) is 8.75. The molecule has 0 saturated carbocycles. The van der Waals surface area contributed by atoms with Gasteiger partial charge < -0.3 is 4.74 Å². The highest BCUT2D eigenvalue weighted by molar-refractivity contribution is 5.35. The minimum atomic E-state index is 0.749. The molecule has 0 radical (unpaired) electrons. The number of nitrogens with zero attached hydrogens (tertiary/aromatic N) is 3. The Hall–Kier alpha value is -1.84. The van der Waals surface area contributed by atoms with Gasteiger partial charge in [0.05, 0.1) is 6.61 Å². The van der Waals surface area contributed by atoms with Crippen LogP contribution in [0, 0.1) is 13.8 Å². The van der Waals surface area contributed by atoms with E-state index in [0.29, 0.717) is 0 Å². The largest absolute Gasteiger partial charge is 0.493 e. The molecule has 0 bridgehead atoms. The first-order valence-electron chi connectivity index (χ1n) is 6.28. The fraction of sp³-hybridized carbons (Fsp3) is 0.429. The third kappa shape index (κ3) is 3.58. The van der Waals surface area contributed by atoms with Crippen molar-refractivity contribution in [1.29, 1.82) is 0 Å². The van der Waals surface area contributed by atoms with Crippen LogP contribution in [0.1, 0.15) is 24.0 Å². The molecule has 0 aliphatic carbocycles. The minimum absolute atomic E-state index is 0.749. The van der Waals surface area contributed by atoms with E-state index in [9.17, 15) is 0 Å². The summed E-state index contributed by atoms with van der Waals surface area (Å²) >= 11 is 0. The monoisotopic (exact) mass is 245 g/mol. The Balaban J connectivity index is 1.69. The van der Waals surface area contributed by atoms with Crippen LogP contribution in [0.5, 0.6) is 5.75 Å². The van der Waals surface area contributed by atoms with Gasteiger partial charge in [0.2, 0.25) is 0 Å². The molecular weight excluding hydrogens is 226 g/mol. The van der Waals surface area contributed by atoms with Crippen LogP contribution < -0.4 is 4.74 Å². The lowest BCUT2D eigenvalue weighted by molar-refractivity contribution is 0.300. The van der Waals surface area contributed by atoms with Crippen molar-refractivity contribution in [3.8, 4) is 5.75 Å². The van der Waals surface area contributed by atoms with Crippen LogP contribution in [-0.4, -0.2) is 21.4 Å². The molecular formula is C14H19N3O. The van der Waals surface area contributed by atoms with Gasteiger partial charge in [-0.05, 0) is 38.3 Å². The van der Waals surface area contributed by atoms with Gasteiger partial charge in [-0.1, -0.05) is 17.7 Å². The van der Waals surface area contributed by atoms with Crippen LogP contribution in [0.2, 0.25) is 0 Å². The molecule has 96 valence electrons. The minimum Gasteiger partial charge on any atom is -0.493 e. The Morgan fingerprint density at radius 1 is 1.22 bits per heavy atom. The highest BCUT2D eigenvalue weighted by atomic mass is 16.5. The molecule has 0 fully saturated rings. The molecule has 1 heterocycles. The Morgan fingerprint density at radius 2 is 2.11 bits per heavy atom. The van der Waals surface area contributed by atoms with Gasteiger partial charge in [-0.2, -0.15) is 5.10 Å². The summed E-state index contributed by atoms with van der Waals surface area (Å²) in [5.74, 6) is 0.987. The van der Waals surface area contributed by atoms with Crippen LogP contribution in [0.3, 0.4) is 0 Å². The standard InChI is InChI=1S/C14H19N3O/c1-12-5-6-14(13(2)9-12)18-8-4-3-7-17-11-15-10-16-17/h5-6,9-11H,3-4,7-8H2,1-2H3. The van der Waals surface area contributed by atoms with E-state index < -0.39 is 0 Å². The van der Waals surface area contributed by atoms with Crippen LogP contribution in [0.15, 0.2) is 30.9 Å². The lowest BCUT2D eigenvalue weighted by atomic mass is 10.1. The zero-order valence-electron chi connectivity index (χ0n) is 11.0. The SMILES string of the molecule is Cc1ccc(OCCCCn2cncn2)c(C)c1. The van der Waals surface area contributed by atoms with E-state index in [4.69, 9.17) is 4.74 Å². The zero-order chi connectivity index (χ0) is 12.8. The molecule has 18 heavy (non-hydrogen) atoms. The highest BCUT2D eigenvalue weighted by Crippen LogP contribution is 2.18. The number of ether oxygens (including phenoxy) is 1. The second-order valence-corrected chi connectivity index (χ2v) is 4.48. The van der Waals surface area contributed by atoms with Gasteiger partial charge in [-0.15, -0.1) is 0 Å². The maximum atomic E-state index is 5.77. The Bertz CT molecular complexity index is 480. The summed E-state index contributed by atoms with van der Waals surface area (Å²) in [7, 11) is 0. The molecule has 0 amide bonds. The Morgan fingerprint density at radius 3 is 2.83 bits per heavy atom.